The summed E-state index contributed by atoms with van der Waals surface area (Å²) in [5, 5.41) is 21.8. The van der Waals surface area contributed by atoms with Gasteiger partial charge < -0.3 is 14.7 Å². The van der Waals surface area contributed by atoms with Gasteiger partial charge in [-0.15, -0.1) is 0 Å². The van der Waals surface area contributed by atoms with Gasteiger partial charge in [0.25, 0.3) is 17.4 Å². The van der Waals surface area contributed by atoms with E-state index in [1.165, 1.54) is 32.4 Å². The Balaban J connectivity index is 2.15. The average Bonchev–Trinajstić information content (AvgIpc) is 2.91. The van der Waals surface area contributed by atoms with Crippen molar-refractivity contribution in [1.29, 1.82) is 0 Å². The van der Waals surface area contributed by atoms with Crippen molar-refractivity contribution in [2.75, 3.05) is 14.2 Å². The number of nitrogens with zero attached hydrogens (tertiary/aromatic N) is 2. The van der Waals surface area contributed by atoms with Gasteiger partial charge in [-0.05, 0) is 29.8 Å². The zero-order chi connectivity index (χ0) is 19.7. The van der Waals surface area contributed by atoms with Crippen LogP contribution in [0.3, 0.4) is 0 Å². The number of Topliss-reactive ketones (excluding diaryl/α,β-unsaturated/α-hetero) is 1. The number of methoxy groups -OCH3 is 1. The van der Waals surface area contributed by atoms with Gasteiger partial charge >= 0.3 is 0 Å². The van der Waals surface area contributed by atoms with Crippen LogP contribution in [0.4, 0.5) is 5.69 Å². The van der Waals surface area contributed by atoms with Crippen LogP contribution in [-0.2, 0) is 9.59 Å². The second-order valence-corrected chi connectivity index (χ2v) is 5.99. The van der Waals surface area contributed by atoms with Crippen LogP contribution in [0, 0.1) is 10.1 Å². The van der Waals surface area contributed by atoms with Crippen molar-refractivity contribution in [2.24, 2.45) is 0 Å². The molecule has 8 nitrogen and oxygen atoms in total. The molecule has 3 rings (SSSR count). The van der Waals surface area contributed by atoms with Crippen LogP contribution >= 0.6 is 0 Å². The second-order valence-electron chi connectivity index (χ2n) is 5.99. The maximum absolute atomic E-state index is 12.5. The van der Waals surface area contributed by atoms with Crippen LogP contribution in [0.15, 0.2) is 54.1 Å². The summed E-state index contributed by atoms with van der Waals surface area (Å²) < 4.78 is 5.06. The third-order valence-corrected chi connectivity index (χ3v) is 4.44. The number of ether oxygens (including phenoxy) is 1. The molecule has 0 bridgehead atoms. The number of carbonyl (C=O) groups is 2. The number of nitro benzene ring substituents is 1. The number of likely N-dealkylation sites (tertiary alicyclic amines) is 1. The zero-order valence-corrected chi connectivity index (χ0v) is 14.6. The van der Waals surface area contributed by atoms with E-state index in [2.05, 4.69) is 0 Å². The Morgan fingerprint density at radius 3 is 2.44 bits per heavy atom. The zero-order valence-electron chi connectivity index (χ0n) is 14.6. The summed E-state index contributed by atoms with van der Waals surface area (Å²) in [5.41, 5.74) is 0.405. The van der Waals surface area contributed by atoms with Gasteiger partial charge in [-0.1, -0.05) is 12.1 Å². The Morgan fingerprint density at radius 2 is 1.85 bits per heavy atom. The summed E-state index contributed by atoms with van der Waals surface area (Å²) >= 11 is 0. The lowest BCUT2D eigenvalue weighted by molar-refractivity contribution is -0.384. The molecule has 1 aliphatic heterocycles. The lowest BCUT2D eigenvalue weighted by Crippen LogP contribution is -2.24. The number of amides is 1. The van der Waals surface area contributed by atoms with Crippen LogP contribution in [0.25, 0.3) is 5.76 Å². The van der Waals surface area contributed by atoms with Gasteiger partial charge in [-0.2, -0.15) is 0 Å². The molecular formula is C19H16N2O6. The molecule has 0 spiro atoms. The lowest BCUT2D eigenvalue weighted by Gasteiger charge is -2.20. The molecule has 0 radical (unpaired) electrons. The standard InChI is InChI=1S/C19H16N2O6/c1-20-16(12-4-3-5-13(10-12)21(25)26)15(18(23)19(20)24)17(22)11-6-8-14(27-2)9-7-11/h3-10,16,22H,1-2H3/b17-15+/t16-/m0/s1. The smallest absolute Gasteiger partial charge is 0.295 e. The van der Waals surface area contributed by atoms with Crippen LogP contribution in [0.2, 0.25) is 0 Å². The molecule has 1 amide bonds. The van der Waals surface area contributed by atoms with Gasteiger partial charge in [-0.3, -0.25) is 19.7 Å². The molecule has 0 aromatic heterocycles. The number of aliphatic hydroxyl groups excluding tert-OH is 1. The maximum atomic E-state index is 12.5. The highest BCUT2D eigenvalue weighted by atomic mass is 16.6. The molecule has 2 aromatic rings. The van der Waals surface area contributed by atoms with Gasteiger partial charge in [0.05, 0.1) is 23.6 Å². The Morgan fingerprint density at radius 1 is 1.19 bits per heavy atom. The summed E-state index contributed by atoms with van der Waals surface area (Å²) in [6.07, 6.45) is 0. The first kappa shape index (κ1) is 18.1. The van der Waals surface area contributed by atoms with E-state index in [9.17, 15) is 24.8 Å². The summed E-state index contributed by atoms with van der Waals surface area (Å²) in [5.74, 6) is -1.42. The van der Waals surface area contributed by atoms with E-state index in [-0.39, 0.29) is 17.0 Å². The molecule has 2 aromatic carbocycles. The molecule has 138 valence electrons. The number of ketones is 1. The normalized spacial score (nSPS) is 18.6. The number of benzene rings is 2. The number of rotatable bonds is 4. The Bertz CT molecular complexity index is 964. The van der Waals surface area contributed by atoms with Crippen molar-refractivity contribution in [3.8, 4) is 5.75 Å². The number of nitro groups is 1. The third-order valence-electron chi connectivity index (χ3n) is 4.44. The van der Waals surface area contributed by atoms with Gasteiger partial charge in [0.2, 0.25) is 0 Å². The van der Waals surface area contributed by atoms with Crippen molar-refractivity contribution in [3.05, 3.63) is 75.3 Å². The fourth-order valence-corrected chi connectivity index (χ4v) is 3.05. The first-order chi connectivity index (χ1) is 12.8. The molecule has 27 heavy (non-hydrogen) atoms. The van der Waals surface area contributed by atoms with E-state index < -0.39 is 22.7 Å². The molecule has 1 fully saturated rings. The molecule has 1 heterocycles. The summed E-state index contributed by atoms with van der Waals surface area (Å²) in [6, 6.07) is 11.1. The highest BCUT2D eigenvalue weighted by Gasteiger charge is 2.44. The van der Waals surface area contributed by atoms with Crippen LogP contribution < -0.4 is 4.74 Å². The van der Waals surface area contributed by atoms with E-state index in [4.69, 9.17) is 4.74 Å². The van der Waals surface area contributed by atoms with Crippen molar-refractivity contribution in [3.63, 3.8) is 0 Å². The average molecular weight is 368 g/mol. The molecule has 8 heteroatoms. The molecule has 0 saturated carbocycles. The maximum Gasteiger partial charge on any atom is 0.295 e. The fraction of sp³-hybridized carbons (Fsp3) is 0.158. The van der Waals surface area contributed by atoms with Crippen LogP contribution in [-0.4, -0.2) is 40.8 Å². The number of aliphatic hydroxyl groups is 1. The molecular weight excluding hydrogens is 352 g/mol. The minimum absolute atomic E-state index is 0.117. The van der Waals surface area contributed by atoms with Gasteiger partial charge in [0.1, 0.15) is 11.5 Å². The van der Waals surface area contributed by atoms with Crippen molar-refractivity contribution >= 4 is 23.1 Å². The summed E-state index contributed by atoms with van der Waals surface area (Å²) in [7, 11) is 2.91. The predicted molar refractivity (Wildman–Crippen MR) is 96.2 cm³/mol. The number of non-ortho nitro benzene ring substituents is 1. The molecule has 1 N–H and O–H groups in total. The quantitative estimate of drug-likeness (QED) is 0.292. The Kier molecular flexibility index (Phi) is 4.64. The van der Waals surface area contributed by atoms with Gasteiger partial charge in [-0.25, -0.2) is 0 Å². The van der Waals surface area contributed by atoms with Crippen LogP contribution in [0.1, 0.15) is 17.2 Å². The van der Waals surface area contributed by atoms with E-state index in [0.29, 0.717) is 16.9 Å². The first-order valence-corrected chi connectivity index (χ1v) is 7.98. The molecule has 0 aliphatic carbocycles. The van der Waals surface area contributed by atoms with Gasteiger partial charge in [0, 0.05) is 24.7 Å². The molecule has 1 atom stereocenters. The third kappa shape index (κ3) is 3.12. The SMILES string of the molecule is COc1ccc(/C(O)=C2\C(=O)C(=O)N(C)[C@H]2c2cccc([N+](=O)[O-])c2)cc1. The fourth-order valence-electron chi connectivity index (χ4n) is 3.05. The van der Waals surface area contributed by atoms with Gasteiger partial charge in [0.15, 0.2) is 0 Å². The van der Waals surface area contributed by atoms with Crippen LogP contribution in [0.5, 0.6) is 5.75 Å². The topological polar surface area (TPSA) is 110 Å². The molecule has 0 unspecified atom stereocenters. The predicted octanol–water partition coefficient (Wildman–Crippen LogP) is 2.65. The highest BCUT2D eigenvalue weighted by Crippen LogP contribution is 2.39. The van der Waals surface area contributed by atoms with E-state index in [1.54, 1.807) is 30.3 Å². The van der Waals surface area contributed by atoms with E-state index in [0.717, 1.165) is 4.90 Å². The minimum atomic E-state index is -0.924. The van der Waals surface area contributed by atoms with Crippen molar-refractivity contribution < 1.29 is 24.4 Å². The molecule has 1 aliphatic rings. The minimum Gasteiger partial charge on any atom is -0.507 e. The monoisotopic (exact) mass is 368 g/mol. The number of likely N-dealkylation sites (N-methyl/N-ethyl adjacent to an activating group) is 1. The molecule has 1 saturated heterocycles. The Hall–Kier alpha value is -3.68. The second kappa shape index (κ2) is 6.91. The number of carbonyl (C=O) groups excluding carboxylic acids is 2. The number of hydrogen-bond donors (Lipinski definition) is 1. The first-order valence-electron chi connectivity index (χ1n) is 7.98. The van der Waals surface area contributed by atoms with E-state index >= 15 is 0 Å². The summed E-state index contributed by atoms with van der Waals surface area (Å²) in [6.45, 7) is 0. The number of hydrogen-bond acceptors (Lipinski definition) is 6. The van der Waals surface area contributed by atoms with Crippen molar-refractivity contribution in [1.82, 2.24) is 4.90 Å². The van der Waals surface area contributed by atoms with Crippen molar-refractivity contribution in [2.45, 2.75) is 6.04 Å². The highest BCUT2D eigenvalue weighted by molar-refractivity contribution is 6.46. The Labute approximate surface area is 154 Å². The largest absolute Gasteiger partial charge is 0.507 e. The lowest BCUT2D eigenvalue weighted by atomic mass is 9.95. The van der Waals surface area contributed by atoms with E-state index in [1.807, 2.05) is 0 Å². The summed E-state index contributed by atoms with van der Waals surface area (Å²) in [4.78, 5) is 36.4.